The fourth-order valence-corrected chi connectivity index (χ4v) is 3.47. The molecular weight excluding hydrogens is 256 g/mol. The summed E-state index contributed by atoms with van der Waals surface area (Å²) in [5.74, 6) is -0.0792. The molecular formula is C15H28N2O3. The summed E-state index contributed by atoms with van der Waals surface area (Å²) in [6.07, 6.45) is 2.77. The number of nitrogens with zero attached hydrogens (tertiary/aromatic N) is 1. The highest BCUT2D eigenvalue weighted by atomic mass is 16.5. The van der Waals surface area contributed by atoms with E-state index in [0.29, 0.717) is 12.6 Å². The number of hydrogen-bond acceptors (Lipinski definition) is 5. The number of nitrogens with one attached hydrogen (secondary N) is 1. The number of morpholine rings is 1. The average Bonchev–Trinajstić information content (AvgIpc) is 2.85. The van der Waals surface area contributed by atoms with E-state index in [0.717, 1.165) is 45.6 Å². The highest BCUT2D eigenvalue weighted by Crippen LogP contribution is 2.35. The molecule has 1 aliphatic heterocycles. The Hall–Kier alpha value is -0.650. The first kappa shape index (κ1) is 15.7. The molecule has 0 spiro atoms. The molecule has 116 valence electrons. The van der Waals surface area contributed by atoms with Crippen LogP contribution in [-0.2, 0) is 14.3 Å². The first-order chi connectivity index (χ1) is 9.57. The van der Waals surface area contributed by atoms with Gasteiger partial charge in [-0.1, -0.05) is 0 Å². The number of carbonyl (C=O) groups is 1. The van der Waals surface area contributed by atoms with Crippen molar-refractivity contribution in [1.29, 1.82) is 0 Å². The van der Waals surface area contributed by atoms with Crippen LogP contribution in [-0.4, -0.2) is 61.4 Å². The van der Waals surface area contributed by atoms with E-state index >= 15 is 0 Å². The highest BCUT2D eigenvalue weighted by Gasteiger charge is 2.48. The SMILES string of the molecule is CCOC(=O)C1(NC(C)C)CCC(N2CCOCC2)C1. The maximum absolute atomic E-state index is 12.4. The zero-order valence-corrected chi connectivity index (χ0v) is 13.0. The first-order valence-corrected chi connectivity index (χ1v) is 7.84. The van der Waals surface area contributed by atoms with Gasteiger partial charge in [0.05, 0.1) is 19.8 Å². The predicted octanol–water partition coefficient (Wildman–Crippen LogP) is 1.17. The topological polar surface area (TPSA) is 50.8 Å². The van der Waals surface area contributed by atoms with E-state index in [9.17, 15) is 4.79 Å². The Labute approximate surface area is 122 Å². The van der Waals surface area contributed by atoms with Crippen molar-refractivity contribution in [2.24, 2.45) is 0 Å². The highest BCUT2D eigenvalue weighted by molar-refractivity contribution is 5.81. The smallest absolute Gasteiger partial charge is 0.326 e. The molecule has 1 saturated carbocycles. The predicted molar refractivity (Wildman–Crippen MR) is 77.7 cm³/mol. The monoisotopic (exact) mass is 284 g/mol. The Kier molecular flexibility index (Phi) is 5.41. The van der Waals surface area contributed by atoms with Crippen molar-refractivity contribution >= 4 is 5.97 Å². The summed E-state index contributed by atoms with van der Waals surface area (Å²) < 4.78 is 10.7. The van der Waals surface area contributed by atoms with Crippen molar-refractivity contribution in [3.8, 4) is 0 Å². The average molecular weight is 284 g/mol. The van der Waals surface area contributed by atoms with Crippen LogP contribution in [0.25, 0.3) is 0 Å². The molecule has 1 heterocycles. The van der Waals surface area contributed by atoms with Gasteiger partial charge >= 0.3 is 5.97 Å². The molecule has 1 saturated heterocycles. The minimum Gasteiger partial charge on any atom is -0.465 e. The lowest BCUT2D eigenvalue weighted by Gasteiger charge is -2.34. The molecule has 2 fully saturated rings. The zero-order valence-electron chi connectivity index (χ0n) is 13.0. The van der Waals surface area contributed by atoms with Gasteiger partial charge in [0, 0.05) is 25.2 Å². The molecule has 1 N–H and O–H groups in total. The summed E-state index contributed by atoms with van der Waals surface area (Å²) in [6, 6.07) is 0.748. The van der Waals surface area contributed by atoms with Gasteiger partial charge in [-0.2, -0.15) is 0 Å². The second-order valence-corrected chi connectivity index (χ2v) is 6.15. The number of carbonyl (C=O) groups excluding carboxylic acids is 1. The minimum absolute atomic E-state index is 0.0792. The van der Waals surface area contributed by atoms with Crippen LogP contribution in [0.1, 0.15) is 40.0 Å². The Bertz CT molecular complexity index is 329. The van der Waals surface area contributed by atoms with E-state index in [4.69, 9.17) is 9.47 Å². The van der Waals surface area contributed by atoms with Gasteiger partial charge < -0.3 is 9.47 Å². The molecule has 2 rings (SSSR count). The van der Waals surface area contributed by atoms with Crippen molar-refractivity contribution in [2.45, 2.75) is 57.7 Å². The van der Waals surface area contributed by atoms with E-state index < -0.39 is 5.54 Å². The Balaban J connectivity index is 2.03. The number of hydrogen-bond donors (Lipinski definition) is 1. The van der Waals surface area contributed by atoms with Crippen LogP contribution < -0.4 is 5.32 Å². The van der Waals surface area contributed by atoms with Crippen LogP contribution in [0.5, 0.6) is 0 Å². The molecule has 2 unspecified atom stereocenters. The molecule has 1 aliphatic carbocycles. The lowest BCUT2D eigenvalue weighted by Crippen LogP contribution is -2.55. The molecule has 2 aliphatic rings. The molecule has 5 nitrogen and oxygen atoms in total. The van der Waals surface area contributed by atoms with Crippen molar-refractivity contribution in [3.63, 3.8) is 0 Å². The van der Waals surface area contributed by atoms with Crippen LogP contribution in [0.15, 0.2) is 0 Å². The molecule has 0 radical (unpaired) electrons. The second kappa shape index (κ2) is 6.87. The Morgan fingerprint density at radius 2 is 2.15 bits per heavy atom. The van der Waals surface area contributed by atoms with Crippen LogP contribution in [0.3, 0.4) is 0 Å². The third-order valence-corrected chi connectivity index (χ3v) is 4.28. The summed E-state index contributed by atoms with van der Waals surface area (Å²) in [7, 11) is 0. The summed E-state index contributed by atoms with van der Waals surface area (Å²) in [4.78, 5) is 14.9. The van der Waals surface area contributed by atoms with E-state index in [1.807, 2.05) is 6.92 Å². The molecule has 0 aromatic carbocycles. The molecule has 0 aromatic heterocycles. The normalized spacial score (nSPS) is 31.7. The van der Waals surface area contributed by atoms with Crippen molar-refractivity contribution < 1.29 is 14.3 Å². The molecule has 0 amide bonds. The van der Waals surface area contributed by atoms with Crippen molar-refractivity contribution in [1.82, 2.24) is 10.2 Å². The number of esters is 1. The van der Waals surface area contributed by atoms with Gasteiger partial charge in [0.2, 0.25) is 0 Å². The standard InChI is InChI=1S/C15H28N2O3/c1-4-20-14(18)15(16-12(2)3)6-5-13(11-15)17-7-9-19-10-8-17/h12-13,16H,4-11H2,1-3H3. The minimum atomic E-state index is -0.493. The maximum Gasteiger partial charge on any atom is 0.326 e. The van der Waals surface area contributed by atoms with Crippen LogP contribution >= 0.6 is 0 Å². The quantitative estimate of drug-likeness (QED) is 0.768. The summed E-state index contributed by atoms with van der Waals surface area (Å²) in [5, 5.41) is 3.48. The van der Waals surface area contributed by atoms with E-state index in [-0.39, 0.29) is 12.0 Å². The first-order valence-electron chi connectivity index (χ1n) is 7.84. The number of ether oxygens (including phenoxy) is 2. The van der Waals surface area contributed by atoms with Crippen molar-refractivity contribution in [3.05, 3.63) is 0 Å². The molecule has 0 aromatic rings. The molecule has 20 heavy (non-hydrogen) atoms. The van der Waals surface area contributed by atoms with Gasteiger partial charge in [0.1, 0.15) is 5.54 Å². The largest absolute Gasteiger partial charge is 0.465 e. The van der Waals surface area contributed by atoms with Gasteiger partial charge in [0.15, 0.2) is 0 Å². The van der Waals surface area contributed by atoms with Gasteiger partial charge in [-0.25, -0.2) is 0 Å². The van der Waals surface area contributed by atoms with Gasteiger partial charge in [-0.05, 0) is 40.0 Å². The fourth-order valence-electron chi connectivity index (χ4n) is 3.47. The lowest BCUT2D eigenvalue weighted by molar-refractivity contribution is -0.151. The maximum atomic E-state index is 12.4. The summed E-state index contributed by atoms with van der Waals surface area (Å²) in [6.45, 7) is 10.1. The van der Waals surface area contributed by atoms with E-state index in [1.165, 1.54) is 0 Å². The lowest BCUT2D eigenvalue weighted by atomic mass is 9.96. The summed E-state index contributed by atoms with van der Waals surface area (Å²) >= 11 is 0. The summed E-state index contributed by atoms with van der Waals surface area (Å²) in [5.41, 5.74) is -0.493. The molecule has 2 atom stereocenters. The number of rotatable bonds is 5. The zero-order chi connectivity index (χ0) is 14.6. The van der Waals surface area contributed by atoms with Gasteiger partial charge in [0.25, 0.3) is 0 Å². The van der Waals surface area contributed by atoms with Gasteiger partial charge in [-0.15, -0.1) is 0 Å². The van der Waals surface area contributed by atoms with E-state index in [1.54, 1.807) is 0 Å². The third-order valence-electron chi connectivity index (χ3n) is 4.28. The van der Waals surface area contributed by atoms with Crippen LogP contribution in [0.4, 0.5) is 0 Å². The second-order valence-electron chi connectivity index (χ2n) is 6.15. The van der Waals surface area contributed by atoms with Crippen molar-refractivity contribution in [2.75, 3.05) is 32.9 Å². The fraction of sp³-hybridized carbons (Fsp3) is 0.933. The molecule has 0 bridgehead atoms. The third kappa shape index (κ3) is 3.51. The Morgan fingerprint density at radius 1 is 1.45 bits per heavy atom. The van der Waals surface area contributed by atoms with Crippen LogP contribution in [0.2, 0.25) is 0 Å². The van der Waals surface area contributed by atoms with Crippen LogP contribution in [0, 0.1) is 0 Å². The Morgan fingerprint density at radius 3 is 2.75 bits per heavy atom. The van der Waals surface area contributed by atoms with E-state index in [2.05, 4.69) is 24.1 Å². The van der Waals surface area contributed by atoms with Gasteiger partial charge in [-0.3, -0.25) is 15.0 Å². The molecule has 5 heteroatoms.